The molecule has 50 heavy (non-hydrogen) atoms. The predicted octanol–water partition coefficient (Wildman–Crippen LogP) is 7.31. The van der Waals surface area contributed by atoms with Crippen LogP contribution < -0.4 is 9.80 Å². The first-order valence-electron chi connectivity index (χ1n) is 16.2. The van der Waals surface area contributed by atoms with Crippen LogP contribution in [0.3, 0.4) is 0 Å². The van der Waals surface area contributed by atoms with E-state index in [0.717, 1.165) is 37.7 Å². The van der Waals surface area contributed by atoms with E-state index in [9.17, 15) is 18.4 Å². The highest BCUT2D eigenvalue weighted by atomic mass is 19.3. The average Bonchev–Trinajstić information content (AvgIpc) is 3.72. The third-order valence-corrected chi connectivity index (χ3v) is 8.61. The van der Waals surface area contributed by atoms with Crippen LogP contribution in [0.1, 0.15) is 51.6 Å². The standard InChI is InChI=1S/C36H38F3N7O4/c1-36(2,3)50-35(48)46-28-9-7-6-8-22(28)16-29(46)26-17-31(45(21-47)25-12-14-43(4)15-13-25)30(18-27(26)37)44(5)20-24-11-10-23(19-40-24)33-41-42-34(49-33)32(38)39/h6-11,16-19,21,25,32H,12-15,20H2,1-5H3. The quantitative estimate of drug-likeness (QED) is 0.147. The molecule has 3 aromatic heterocycles. The summed E-state index contributed by atoms with van der Waals surface area (Å²) in [5, 5.41) is 7.74. The van der Waals surface area contributed by atoms with Crippen molar-refractivity contribution < 1.29 is 31.9 Å². The number of pyridine rings is 1. The molecule has 1 fully saturated rings. The number of carbonyl (C=O) groups excluding carboxylic acids is 2. The highest BCUT2D eigenvalue weighted by molar-refractivity contribution is 5.97. The van der Waals surface area contributed by atoms with Crippen molar-refractivity contribution in [2.24, 2.45) is 0 Å². The van der Waals surface area contributed by atoms with E-state index in [1.165, 1.54) is 16.8 Å². The average molecular weight is 690 g/mol. The van der Waals surface area contributed by atoms with Crippen LogP contribution in [0.15, 0.2) is 65.2 Å². The molecule has 14 heteroatoms. The molecule has 2 aromatic carbocycles. The molecule has 0 unspecified atom stereocenters. The second-order valence-corrected chi connectivity index (χ2v) is 13.4. The van der Waals surface area contributed by atoms with Gasteiger partial charge in [0.15, 0.2) is 0 Å². The Bertz CT molecular complexity index is 2000. The Labute approximate surface area is 287 Å². The van der Waals surface area contributed by atoms with Crippen molar-refractivity contribution in [2.75, 3.05) is 37.0 Å². The van der Waals surface area contributed by atoms with Crippen molar-refractivity contribution in [1.29, 1.82) is 0 Å². The van der Waals surface area contributed by atoms with Crippen molar-refractivity contribution in [1.82, 2.24) is 24.6 Å². The van der Waals surface area contributed by atoms with Gasteiger partial charge in [0.25, 0.3) is 5.89 Å². The van der Waals surface area contributed by atoms with Crippen molar-refractivity contribution in [3.05, 3.63) is 78.2 Å². The summed E-state index contributed by atoms with van der Waals surface area (Å²) >= 11 is 0. The second kappa shape index (κ2) is 13.9. The molecule has 6 rings (SSSR count). The molecule has 0 bridgehead atoms. The molecule has 0 radical (unpaired) electrons. The Morgan fingerprint density at radius 3 is 2.46 bits per heavy atom. The molecule has 1 aliphatic heterocycles. The lowest BCUT2D eigenvalue weighted by Gasteiger charge is -2.37. The minimum Gasteiger partial charge on any atom is -0.443 e. The van der Waals surface area contributed by atoms with E-state index in [0.29, 0.717) is 28.1 Å². The Morgan fingerprint density at radius 2 is 1.82 bits per heavy atom. The Morgan fingerprint density at radius 1 is 1.08 bits per heavy atom. The van der Waals surface area contributed by atoms with Gasteiger partial charge >= 0.3 is 12.5 Å². The topological polar surface area (TPSA) is 110 Å². The molecule has 5 aromatic rings. The van der Waals surface area contributed by atoms with Gasteiger partial charge in [-0.25, -0.2) is 13.8 Å². The number of likely N-dealkylation sites (tertiary alicyclic amines) is 1. The summed E-state index contributed by atoms with van der Waals surface area (Å²) in [6.45, 7) is 7.07. The van der Waals surface area contributed by atoms with E-state index >= 15 is 4.39 Å². The summed E-state index contributed by atoms with van der Waals surface area (Å²) in [4.78, 5) is 36.6. The van der Waals surface area contributed by atoms with Crippen LogP contribution in [0.25, 0.3) is 33.6 Å². The van der Waals surface area contributed by atoms with Gasteiger partial charge in [0.05, 0.1) is 40.4 Å². The number of rotatable bonds is 9. The van der Waals surface area contributed by atoms with Crippen LogP contribution in [0.4, 0.5) is 29.3 Å². The van der Waals surface area contributed by atoms with Gasteiger partial charge in [0, 0.05) is 36.3 Å². The maximum atomic E-state index is 16.5. The largest absolute Gasteiger partial charge is 0.443 e. The summed E-state index contributed by atoms with van der Waals surface area (Å²) < 4.78 is 54.5. The number of para-hydroxylation sites is 1. The summed E-state index contributed by atoms with van der Waals surface area (Å²) in [5.41, 5.74) is 2.01. The van der Waals surface area contributed by atoms with E-state index in [1.54, 1.807) is 74.0 Å². The summed E-state index contributed by atoms with van der Waals surface area (Å²) in [7, 11) is 3.79. The van der Waals surface area contributed by atoms with Gasteiger partial charge in [0.2, 0.25) is 12.3 Å². The predicted molar refractivity (Wildman–Crippen MR) is 183 cm³/mol. The van der Waals surface area contributed by atoms with Gasteiger partial charge in [-0.15, -0.1) is 10.2 Å². The van der Waals surface area contributed by atoms with E-state index in [4.69, 9.17) is 9.15 Å². The van der Waals surface area contributed by atoms with Gasteiger partial charge < -0.3 is 23.9 Å². The van der Waals surface area contributed by atoms with Gasteiger partial charge in [-0.1, -0.05) is 18.2 Å². The number of hydrogen-bond acceptors (Lipinski definition) is 9. The van der Waals surface area contributed by atoms with Crippen LogP contribution >= 0.6 is 0 Å². The zero-order valence-corrected chi connectivity index (χ0v) is 28.4. The number of benzene rings is 2. The Balaban J connectivity index is 1.41. The lowest BCUT2D eigenvalue weighted by atomic mass is 10.0. The van der Waals surface area contributed by atoms with Crippen molar-refractivity contribution >= 4 is 34.8 Å². The number of hydrogen-bond donors (Lipinski definition) is 0. The highest BCUT2D eigenvalue weighted by Gasteiger charge is 2.30. The monoisotopic (exact) mass is 689 g/mol. The Hall–Kier alpha value is -5.24. The minimum atomic E-state index is -2.89. The number of nitrogens with zero attached hydrogens (tertiary/aromatic N) is 7. The van der Waals surface area contributed by atoms with Crippen LogP contribution in [0.5, 0.6) is 0 Å². The third-order valence-electron chi connectivity index (χ3n) is 8.61. The molecule has 1 amide bonds. The summed E-state index contributed by atoms with van der Waals surface area (Å²) in [5.74, 6) is -1.47. The summed E-state index contributed by atoms with van der Waals surface area (Å²) in [6.07, 6.45) is 0.101. The fourth-order valence-electron chi connectivity index (χ4n) is 6.14. The number of piperidine rings is 1. The molecule has 0 spiro atoms. The molecule has 262 valence electrons. The van der Waals surface area contributed by atoms with Gasteiger partial charge in [-0.05, 0) is 84.1 Å². The van der Waals surface area contributed by atoms with Gasteiger partial charge in [0.1, 0.15) is 11.4 Å². The fraction of sp³-hybridized carbons (Fsp3) is 0.361. The molecule has 0 saturated carbocycles. The van der Waals surface area contributed by atoms with Crippen molar-refractivity contribution in [2.45, 2.75) is 58.2 Å². The third kappa shape index (κ3) is 7.20. The lowest BCUT2D eigenvalue weighted by Crippen LogP contribution is -2.43. The Kier molecular flexibility index (Phi) is 9.65. The molecule has 4 heterocycles. The molecule has 0 aliphatic carbocycles. The molecule has 0 N–H and O–H groups in total. The number of alkyl halides is 2. The van der Waals surface area contributed by atoms with Crippen LogP contribution in [0.2, 0.25) is 0 Å². The smallest absolute Gasteiger partial charge is 0.419 e. The number of carbonyl (C=O) groups is 2. The number of ether oxygens (including phenoxy) is 1. The maximum Gasteiger partial charge on any atom is 0.419 e. The van der Waals surface area contributed by atoms with Crippen LogP contribution in [0, 0.1) is 5.82 Å². The zero-order valence-electron chi connectivity index (χ0n) is 28.4. The molecule has 11 nitrogen and oxygen atoms in total. The molecular formula is C36H38F3N7O4. The van der Waals surface area contributed by atoms with E-state index < -0.39 is 29.8 Å². The first kappa shape index (κ1) is 34.6. The first-order valence-corrected chi connectivity index (χ1v) is 16.2. The lowest BCUT2D eigenvalue weighted by molar-refractivity contribution is -0.108. The second-order valence-electron chi connectivity index (χ2n) is 13.4. The first-order chi connectivity index (χ1) is 23.8. The number of fused-ring (bicyclic) bond motifs is 1. The number of anilines is 2. The zero-order chi connectivity index (χ0) is 35.7. The molecular weight excluding hydrogens is 651 g/mol. The molecule has 0 atom stereocenters. The number of aromatic nitrogens is 4. The summed E-state index contributed by atoms with van der Waals surface area (Å²) in [6, 6.07) is 15.1. The minimum absolute atomic E-state index is 0.0869. The molecule has 1 saturated heterocycles. The van der Waals surface area contributed by atoms with E-state index in [2.05, 4.69) is 20.1 Å². The van der Waals surface area contributed by atoms with E-state index in [1.807, 2.05) is 19.2 Å². The van der Waals surface area contributed by atoms with Crippen LogP contribution in [-0.2, 0) is 16.1 Å². The fourth-order valence-corrected chi connectivity index (χ4v) is 6.14. The normalized spacial score (nSPS) is 14.3. The number of halogens is 3. The highest BCUT2D eigenvalue weighted by Crippen LogP contribution is 2.40. The van der Waals surface area contributed by atoms with Crippen molar-refractivity contribution in [3.8, 4) is 22.7 Å². The number of amides is 1. The SMILES string of the molecule is CN1CCC(N(C=O)c2cc(-c3cc4ccccc4n3C(=O)OC(C)(C)C)c(F)cc2N(C)Cc2ccc(-c3nnc(C(F)F)o3)cn2)CC1. The van der Waals surface area contributed by atoms with Crippen molar-refractivity contribution in [3.63, 3.8) is 0 Å². The van der Waals surface area contributed by atoms with Crippen LogP contribution in [-0.4, -0.2) is 76.0 Å². The maximum absolute atomic E-state index is 16.5. The molecule has 1 aliphatic rings. The van der Waals surface area contributed by atoms with E-state index in [-0.39, 0.29) is 29.7 Å². The van der Waals surface area contributed by atoms with Gasteiger partial charge in [-0.3, -0.25) is 9.78 Å². The van der Waals surface area contributed by atoms with Gasteiger partial charge in [-0.2, -0.15) is 8.78 Å².